The van der Waals surface area contributed by atoms with Crippen LogP contribution in [0.15, 0.2) is 42.5 Å². The first-order valence-corrected chi connectivity index (χ1v) is 13.1. The topological polar surface area (TPSA) is 51.2 Å². The first-order chi connectivity index (χ1) is 17.1. The van der Waals surface area contributed by atoms with Gasteiger partial charge >= 0.3 is 0 Å². The summed E-state index contributed by atoms with van der Waals surface area (Å²) in [5.41, 5.74) is 3.05. The third kappa shape index (κ3) is 7.64. The van der Waals surface area contributed by atoms with E-state index in [1.165, 1.54) is 31.0 Å². The molecule has 0 aromatic heterocycles. The van der Waals surface area contributed by atoms with Crippen LogP contribution in [0.2, 0.25) is 0 Å². The Balaban J connectivity index is 1.38. The van der Waals surface area contributed by atoms with Crippen LogP contribution in [0.3, 0.4) is 0 Å². The molecule has 2 N–H and O–H groups in total. The number of piperidine rings is 1. The zero-order valence-electron chi connectivity index (χ0n) is 21.1. The molecule has 35 heavy (non-hydrogen) atoms. The Hall–Kier alpha value is -2.19. The number of rotatable bonds is 11. The molecule has 2 aliphatic rings. The number of ether oxygens (including phenoxy) is 1. The molecule has 6 nitrogen and oxygen atoms in total. The van der Waals surface area contributed by atoms with Crippen LogP contribution in [0.4, 0.5) is 10.1 Å². The third-order valence-electron chi connectivity index (χ3n) is 7.13. The van der Waals surface area contributed by atoms with Crippen molar-refractivity contribution in [3.63, 3.8) is 0 Å². The van der Waals surface area contributed by atoms with E-state index in [4.69, 9.17) is 4.74 Å². The number of nitrogens with zero attached hydrogens (tertiary/aromatic N) is 3. The monoisotopic (exact) mass is 484 g/mol. The summed E-state index contributed by atoms with van der Waals surface area (Å²) in [7, 11) is 2.14. The van der Waals surface area contributed by atoms with Crippen molar-refractivity contribution >= 4 is 5.69 Å². The molecule has 2 saturated heterocycles. The number of halogens is 1. The van der Waals surface area contributed by atoms with Crippen molar-refractivity contribution in [1.82, 2.24) is 15.1 Å². The van der Waals surface area contributed by atoms with Crippen LogP contribution in [-0.2, 0) is 13.0 Å². The van der Waals surface area contributed by atoms with Crippen molar-refractivity contribution in [1.29, 1.82) is 0 Å². The fraction of sp³-hybridized carbons (Fsp3) is 0.571. The van der Waals surface area contributed by atoms with E-state index in [2.05, 4.69) is 39.2 Å². The Morgan fingerprint density at radius 2 is 1.74 bits per heavy atom. The molecule has 7 heteroatoms. The predicted molar refractivity (Wildman–Crippen MR) is 140 cm³/mol. The maximum Gasteiger partial charge on any atom is 0.126 e. The van der Waals surface area contributed by atoms with Gasteiger partial charge in [-0.15, -0.1) is 0 Å². The van der Waals surface area contributed by atoms with Gasteiger partial charge in [0.25, 0.3) is 0 Å². The standard InChI is InChI=1S/C28H41FN4O2/c1-31-16-18-32(19-17-31)21-24(34)22-35-28-11-7-10-27(33-14-5-2-6-15-33)25(28)20-30-13-12-23-8-3-4-9-26(23)29/h3-4,7-11,24,30,34H,2,5-6,12-22H2,1H3. The first-order valence-electron chi connectivity index (χ1n) is 13.1. The lowest BCUT2D eigenvalue weighted by molar-refractivity contribution is 0.0502. The second-order valence-electron chi connectivity index (χ2n) is 9.89. The number of anilines is 1. The predicted octanol–water partition coefficient (Wildman–Crippen LogP) is 3.14. The molecule has 0 radical (unpaired) electrons. The van der Waals surface area contributed by atoms with Crippen molar-refractivity contribution in [2.45, 2.75) is 38.3 Å². The molecule has 2 aliphatic heterocycles. The summed E-state index contributed by atoms with van der Waals surface area (Å²) >= 11 is 0. The lowest BCUT2D eigenvalue weighted by Crippen LogP contribution is -2.47. The zero-order valence-corrected chi connectivity index (χ0v) is 21.1. The Kier molecular flexibility index (Phi) is 9.77. The third-order valence-corrected chi connectivity index (χ3v) is 7.13. The SMILES string of the molecule is CN1CCN(CC(O)COc2cccc(N3CCCCC3)c2CNCCc2ccccc2F)CC1. The molecule has 4 rings (SSSR count). The van der Waals surface area contributed by atoms with Gasteiger partial charge in [0.05, 0.1) is 0 Å². The molecule has 2 heterocycles. The summed E-state index contributed by atoms with van der Waals surface area (Å²) < 4.78 is 20.2. The molecular formula is C28H41FN4O2. The smallest absolute Gasteiger partial charge is 0.126 e. The summed E-state index contributed by atoms with van der Waals surface area (Å²) in [6.45, 7) is 8.38. The highest BCUT2D eigenvalue weighted by Gasteiger charge is 2.20. The van der Waals surface area contributed by atoms with Crippen molar-refractivity contribution in [3.05, 3.63) is 59.4 Å². The van der Waals surface area contributed by atoms with Crippen LogP contribution in [0.25, 0.3) is 0 Å². The molecule has 192 valence electrons. The van der Waals surface area contributed by atoms with E-state index in [9.17, 15) is 9.50 Å². The number of aliphatic hydroxyl groups excluding tert-OH is 1. The van der Waals surface area contributed by atoms with Crippen LogP contribution in [0, 0.1) is 5.82 Å². The van der Waals surface area contributed by atoms with Gasteiger partial charge in [-0.1, -0.05) is 24.3 Å². The van der Waals surface area contributed by atoms with Crippen LogP contribution in [-0.4, -0.2) is 87.0 Å². The highest BCUT2D eigenvalue weighted by Crippen LogP contribution is 2.31. The summed E-state index contributed by atoms with van der Waals surface area (Å²) in [6, 6.07) is 13.2. The Bertz CT molecular complexity index is 914. The van der Waals surface area contributed by atoms with Crippen LogP contribution in [0.5, 0.6) is 5.75 Å². The Labute approximate surface area is 209 Å². The van der Waals surface area contributed by atoms with Gasteiger partial charge in [0.15, 0.2) is 0 Å². The molecule has 0 saturated carbocycles. The maximum absolute atomic E-state index is 14.0. The number of aliphatic hydroxyl groups is 1. The average molecular weight is 485 g/mol. The van der Waals surface area contributed by atoms with Crippen molar-refractivity contribution in [2.24, 2.45) is 0 Å². The molecule has 0 aliphatic carbocycles. The van der Waals surface area contributed by atoms with Crippen LogP contribution in [0.1, 0.15) is 30.4 Å². The maximum atomic E-state index is 14.0. The molecule has 0 spiro atoms. The number of β-amino-alcohol motifs (C(OH)–C–C–N with tert-alkyl or cyclic N) is 1. The van der Waals surface area contributed by atoms with Gasteiger partial charge in [-0.25, -0.2) is 4.39 Å². The minimum atomic E-state index is -0.529. The van der Waals surface area contributed by atoms with Crippen molar-refractivity contribution < 1.29 is 14.2 Å². The number of likely N-dealkylation sites (N-methyl/N-ethyl adjacent to an activating group) is 1. The number of hydrogen-bond donors (Lipinski definition) is 2. The van der Waals surface area contributed by atoms with Gasteiger partial charge in [-0.3, -0.25) is 4.90 Å². The minimum Gasteiger partial charge on any atom is -0.490 e. The molecule has 2 aromatic rings. The van der Waals surface area contributed by atoms with Gasteiger partial charge in [-0.2, -0.15) is 0 Å². The lowest BCUT2D eigenvalue weighted by Gasteiger charge is -2.33. The largest absolute Gasteiger partial charge is 0.490 e. The van der Waals surface area contributed by atoms with Gasteiger partial charge in [0, 0.05) is 63.6 Å². The van der Waals surface area contributed by atoms with Gasteiger partial charge in [-0.05, 0) is 63.0 Å². The molecule has 0 bridgehead atoms. The van der Waals surface area contributed by atoms with Crippen molar-refractivity contribution in [3.8, 4) is 5.75 Å². The Morgan fingerprint density at radius 3 is 2.51 bits per heavy atom. The molecule has 0 amide bonds. The molecule has 1 unspecified atom stereocenters. The summed E-state index contributed by atoms with van der Waals surface area (Å²) in [5.74, 6) is 0.672. The second-order valence-corrected chi connectivity index (χ2v) is 9.89. The van der Waals surface area contributed by atoms with E-state index >= 15 is 0 Å². The molecule has 2 aromatic carbocycles. The van der Waals surface area contributed by atoms with Crippen LogP contribution >= 0.6 is 0 Å². The fourth-order valence-corrected chi connectivity index (χ4v) is 5.00. The highest BCUT2D eigenvalue weighted by molar-refractivity contribution is 5.59. The quantitative estimate of drug-likeness (QED) is 0.478. The summed E-state index contributed by atoms with van der Waals surface area (Å²) in [4.78, 5) is 7.07. The van der Waals surface area contributed by atoms with Crippen molar-refractivity contribution in [2.75, 3.05) is 70.9 Å². The average Bonchev–Trinajstić information content (AvgIpc) is 2.88. The van der Waals surface area contributed by atoms with E-state index in [0.717, 1.165) is 56.1 Å². The molecule has 1 atom stereocenters. The normalized spacial score (nSPS) is 18.5. The van der Waals surface area contributed by atoms with E-state index < -0.39 is 6.10 Å². The number of benzene rings is 2. The molecular weight excluding hydrogens is 443 g/mol. The summed E-state index contributed by atoms with van der Waals surface area (Å²) in [5, 5.41) is 14.2. The highest BCUT2D eigenvalue weighted by atomic mass is 19.1. The summed E-state index contributed by atoms with van der Waals surface area (Å²) in [6.07, 6.45) is 3.79. The fourth-order valence-electron chi connectivity index (χ4n) is 5.00. The zero-order chi connectivity index (χ0) is 24.5. The van der Waals surface area contributed by atoms with E-state index in [1.54, 1.807) is 6.07 Å². The number of piperazine rings is 1. The van der Waals surface area contributed by atoms with Gasteiger partial charge < -0.3 is 25.0 Å². The lowest BCUT2D eigenvalue weighted by atomic mass is 10.1. The minimum absolute atomic E-state index is 0.152. The Morgan fingerprint density at radius 1 is 0.971 bits per heavy atom. The number of nitrogens with one attached hydrogen (secondary N) is 1. The van der Waals surface area contributed by atoms with Crippen LogP contribution < -0.4 is 15.0 Å². The first kappa shape index (κ1) is 25.9. The number of hydrogen-bond acceptors (Lipinski definition) is 6. The van der Waals surface area contributed by atoms with Gasteiger partial charge in [0.1, 0.15) is 24.3 Å². The van der Waals surface area contributed by atoms with E-state index in [-0.39, 0.29) is 12.4 Å². The molecule has 2 fully saturated rings. The van der Waals surface area contributed by atoms with Gasteiger partial charge in [0.2, 0.25) is 0 Å². The van der Waals surface area contributed by atoms with E-state index in [0.29, 0.717) is 26.1 Å². The second kappa shape index (κ2) is 13.2. The van der Waals surface area contributed by atoms with E-state index in [1.807, 2.05) is 18.2 Å².